The van der Waals surface area contributed by atoms with E-state index in [4.69, 9.17) is 4.74 Å². The lowest BCUT2D eigenvalue weighted by Gasteiger charge is -2.31. The predicted molar refractivity (Wildman–Crippen MR) is 97.7 cm³/mol. The van der Waals surface area contributed by atoms with Crippen molar-refractivity contribution in [1.82, 2.24) is 9.47 Å². The monoisotopic (exact) mass is 356 g/mol. The minimum absolute atomic E-state index is 0.0798. The fraction of sp³-hybridized carbons (Fsp3) is 0.450. The number of ether oxygens (including phenoxy) is 1. The number of amides is 1. The van der Waals surface area contributed by atoms with Crippen LogP contribution in [0.3, 0.4) is 0 Å². The summed E-state index contributed by atoms with van der Waals surface area (Å²) in [4.78, 5) is 38.5. The van der Waals surface area contributed by atoms with Gasteiger partial charge in [-0.3, -0.25) is 19.0 Å². The quantitative estimate of drug-likeness (QED) is 0.773. The Balaban J connectivity index is 1.56. The zero-order chi connectivity index (χ0) is 18.5. The SMILES string of the molecule is CCOC(=O)C1CCCN(C(=O)CCC(=O)n2ccc3ccccc32)C1. The van der Waals surface area contributed by atoms with Crippen molar-refractivity contribution in [3.8, 4) is 0 Å². The highest BCUT2D eigenvalue weighted by atomic mass is 16.5. The Morgan fingerprint density at radius 2 is 1.88 bits per heavy atom. The van der Waals surface area contributed by atoms with E-state index in [1.54, 1.807) is 22.6 Å². The molecule has 0 N–H and O–H groups in total. The number of piperidine rings is 1. The molecule has 0 aliphatic carbocycles. The maximum Gasteiger partial charge on any atom is 0.310 e. The van der Waals surface area contributed by atoms with E-state index >= 15 is 0 Å². The summed E-state index contributed by atoms with van der Waals surface area (Å²) in [6, 6.07) is 9.55. The molecular formula is C20H24N2O4. The van der Waals surface area contributed by atoms with Crippen LogP contribution in [-0.4, -0.2) is 46.9 Å². The van der Waals surface area contributed by atoms with E-state index < -0.39 is 0 Å². The van der Waals surface area contributed by atoms with E-state index in [2.05, 4.69) is 0 Å². The Hall–Kier alpha value is -2.63. The van der Waals surface area contributed by atoms with Gasteiger partial charge in [0.25, 0.3) is 0 Å². The van der Waals surface area contributed by atoms with Gasteiger partial charge in [-0.15, -0.1) is 0 Å². The molecule has 0 saturated carbocycles. The number of likely N-dealkylation sites (tertiary alicyclic amines) is 1. The van der Waals surface area contributed by atoms with E-state index in [1.807, 2.05) is 30.3 Å². The van der Waals surface area contributed by atoms with E-state index in [0.29, 0.717) is 19.7 Å². The first-order valence-corrected chi connectivity index (χ1v) is 9.14. The molecule has 1 atom stereocenters. The highest BCUT2D eigenvalue weighted by Crippen LogP contribution is 2.20. The van der Waals surface area contributed by atoms with Crippen molar-refractivity contribution in [2.45, 2.75) is 32.6 Å². The topological polar surface area (TPSA) is 68.6 Å². The van der Waals surface area contributed by atoms with Crippen LogP contribution in [0.15, 0.2) is 36.5 Å². The fourth-order valence-electron chi connectivity index (χ4n) is 3.45. The number of aromatic nitrogens is 1. The van der Waals surface area contributed by atoms with E-state index in [-0.39, 0.29) is 36.5 Å². The number of carbonyl (C=O) groups is 3. The Kier molecular flexibility index (Phi) is 5.71. The molecule has 0 bridgehead atoms. The van der Waals surface area contributed by atoms with Crippen LogP contribution in [0, 0.1) is 5.92 Å². The lowest BCUT2D eigenvalue weighted by molar-refractivity contribution is -0.151. The van der Waals surface area contributed by atoms with Crippen LogP contribution in [0.25, 0.3) is 10.9 Å². The third-order valence-corrected chi connectivity index (χ3v) is 4.81. The minimum atomic E-state index is -0.253. The fourth-order valence-corrected chi connectivity index (χ4v) is 3.45. The van der Waals surface area contributed by atoms with Gasteiger partial charge in [0, 0.05) is 37.5 Å². The molecule has 1 amide bonds. The second-order valence-corrected chi connectivity index (χ2v) is 6.57. The van der Waals surface area contributed by atoms with Crippen molar-refractivity contribution in [3.05, 3.63) is 36.5 Å². The third kappa shape index (κ3) is 3.95. The molecule has 1 aliphatic heterocycles. The molecule has 1 unspecified atom stereocenters. The van der Waals surface area contributed by atoms with Gasteiger partial charge >= 0.3 is 5.97 Å². The number of carbonyl (C=O) groups excluding carboxylic acids is 3. The Morgan fingerprint density at radius 1 is 1.12 bits per heavy atom. The van der Waals surface area contributed by atoms with Gasteiger partial charge in [-0.05, 0) is 31.9 Å². The molecule has 26 heavy (non-hydrogen) atoms. The first kappa shape index (κ1) is 18.2. The molecule has 2 heterocycles. The molecule has 138 valence electrons. The summed E-state index contributed by atoms with van der Waals surface area (Å²) in [6.07, 6.45) is 3.58. The molecule has 2 aromatic rings. The van der Waals surface area contributed by atoms with Crippen molar-refractivity contribution in [2.75, 3.05) is 19.7 Å². The maximum atomic E-state index is 12.5. The van der Waals surface area contributed by atoms with Gasteiger partial charge in [0.1, 0.15) is 0 Å². The van der Waals surface area contributed by atoms with Gasteiger partial charge in [-0.25, -0.2) is 0 Å². The number of nitrogens with zero attached hydrogens (tertiary/aromatic N) is 2. The molecule has 1 aliphatic rings. The molecule has 0 radical (unpaired) electrons. The van der Waals surface area contributed by atoms with Gasteiger partial charge in [-0.1, -0.05) is 18.2 Å². The van der Waals surface area contributed by atoms with Gasteiger partial charge in [0.05, 0.1) is 18.0 Å². The summed E-state index contributed by atoms with van der Waals surface area (Å²) in [7, 11) is 0. The third-order valence-electron chi connectivity index (χ3n) is 4.81. The lowest BCUT2D eigenvalue weighted by Crippen LogP contribution is -2.43. The maximum absolute atomic E-state index is 12.5. The number of rotatable bonds is 5. The number of para-hydroxylation sites is 1. The van der Waals surface area contributed by atoms with Crippen molar-refractivity contribution < 1.29 is 19.1 Å². The normalized spacial score (nSPS) is 17.3. The summed E-state index contributed by atoms with van der Waals surface area (Å²) in [6.45, 7) is 3.15. The standard InChI is InChI=1S/C20H24N2O4/c1-2-26-20(25)16-7-5-12-21(14-16)18(23)9-10-19(24)22-13-11-15-6-3-4-8-17(15)22/h3-4,6,8,11,13,16H,2,5,7,9-10,12,14H2,1H3. The van der Waals surface area contributed by atoms with E-state index in [0.717, 1.165) is 23.7 Å². The molecule has 1 aromatic carbocycles. The van der Waals surface area contributed by atoms with Crippen molar-refractivity contribution >= 4 is 28.7 Å². The predicted octanol–water partition coefficient (Wildman–Crippen LogP) is 2.86. The van der Waals surface area contributed by atoms with Crippen LogP contribution in [0.5, 0.6) is 0 Å². The molecule has 0 spiro atoms. The zero-order valence-corrected chi connectivity index (χ0v) is 15.0. The highest BCUT2D eigenvalue weighted by Gasteiger charge is 2.29. The Labute approximate surface area is 152 Å². The number of fused-ring (bicyclic) bond motifs is 1. The van der Waals surface area contributed by atoms with Crippen LogP contribution < -0.4 is 0 Å². The molecule has 3 rings (SSSR count). The summed E-state index contributed by atoms with van der Waals surface area (Å²) in [5.41, 5.74) is 0.852. The summed E-state index contributed by atoms with van der Waals surface area (Å²) in [5, 5.41) is 1.00. The molecular weight excluding hydrogens is 332 g/mol. The molecule has 1 saturated heterocycles. The Bertz CT molecular complexity index is 811. The van der Waals surface area contributed by atoms with E-state index in [1.165, 1.54) is 0 Å². The van der Waals surface area contributed by atoms with Crippen LogP contribution in [-0.2, 0) is 14.3 Å². The summed E-state index contributed by atoms with van der Waals surface area (Å²) >= 11 is 0. The van der Waals surface area contributed by atoms with Crippen LogP contribution >= 0.6 is 0 Å². The highest BCUT2D eigenvalue weighted by molar-refractivity contribution is 5.94. The first-order chi connectivity index (χ1) is 12.6. The summed E-state index contributed by atoms with van der Waals surface area (Å²) in [5.74, 6) is -0.668. The second kappa shape index (κ2) is 8.17. The number of hydrogen-bond acceptors (Lipinski definition) is 4. The van der Waals surface area contributed by atoms with Gasteiger partial charge in [0.15, 0.2) is 0 Å². The van der Waals surface area contributed by atoms with Gasteiger partial charge in [-0.2, -0.15) is 0 Å². The molecule has 1 aromatic heterocycles. The number of hydrogen-bond donors (Lipinski definition) is 0. The van der Waals surface area contributed by atoms with Crippen LogP contribution in [0.4, 0.5) is 0 Å². The van der Waals surface area contributed by atoms with Crippen LogP contribution in [0.1, 0.15) is 37.4 Å². The molecule has 6 heteroatoms. The average Bonchev–Trinajstić information content (AvgIpc) is 3.10. The second-order valence-electron chi connectivity index (χ2n) is 6.57. The molecule has 6 nitrogen and oxygen atoms in total. The smallest absolute Gasteiger partial charge is 0.310 e. The van der Waals surface area contributed by atoms with E-state index in [9.17, 15) is 14.4 Å². The van der Waals surface area contributed by atoms with Crippen molar-refractivity contribution in [1.29, 1.82) is 0 Å². The summed E-state index contributed by atoms with van der Waals surface area (Å²) < 4.78 is 6.66. The number of benzene rings is 1. The lowest BCUT2D eigenvalue weighted by atomic mass is 9.98. The number of esters is 1. The first-order valence-electron chi connectivity index (χ1n) is 9.14. The largest absolute Gasteiger partial charge is 0.466 e. The van der Waals surface area contributed by atoms with Gasteiger partial charge in [0.2, 0.25) is 11.8 Å². The minimum Gasteiger partial charge on any atom is -0.466 e. The van der Waals surface area contributed by atoms with Gasteiger partial charge < -0.3 is 9.64 Å². The van der Waals surface area contributed by atoms with Crippen molar-refractivity contribution in [3.63, 3.8) is 0 Å². The Morgan fingerprint density at radius 3 is 2.69 bits per heavy atom. The average molecular weight is 356 g/mol. The molecule has 1 fully saturated rings. The zero-order valence-electron chi connectivity index (χ0n) is 15.0. The van der Waals surface area contributed by atoms with Crippen LogP contribution in [0.2, 0.25) is 0 Å². The van der Waals surface area contributed by atoms with Crippen molar-refractivity contribution in [2.24, 2.45) is 5.92 Å².